The van der Waals surface area contributed by atoms with Crippen molar-refractivity contribution in [2.24, 2.45) is 0 Å². The molecular formula is C20H43GeO6. The molecule has 0 unspecified atom stereocenters. The standard InChI is InChI=1S/C20H43GeO6/c1-4-5-8-21(9-6-11-24-17-19-26-15-13-22-2)10-7-12-25-18-20-27-16-14-23-3/h4-20H2,1-3H3. The van der Waals surface area contributed by atoms with Crippen molar-refractivity contribution in [2.75, 3.05) is 80.3 Å². The summed E-state index contributed by atoms with van der Waals surface area (Å²) in [7, 11) is 3.37. The molecule has 0 N–H and O–H groups in total. The van der Waals surface area contributed by atoms with Gasteiger partial charge in [-0.05, 0) is 0 Å². The van der Waals surface area contributed by atoms with Crippen LogP contribution in [-0.2, 0) is 28.4 Å². The number of rotatable bonds is 23. The number of unbranched alkanes of at least 4 members (excludes halogenated alkanes) is 1. The first-order valence-corrected chi connectivity index (χ1v) is 14.9. The Labute approximate surface area is 171 Å². The van der Waals surface area contributed by atoms with Crippen LogP contribution >= 0.6 is 0 Å². The second-order valence-corrected chi connectivity index (χ2v) is 12.8. The van der Waals surface area contributed by atoms with Gasteiger partial charge >= 0.3 is 171 Å². The summed E-state index contributed by atoms with van der Waals surface area (Å²) in [6.07, 6.45) is 5.09. The Morgan fingerprint density at radius 2 is 0.852 bits per heavy atom. The molecule has 0 amide bonds. The molecule has 7 heteroatoms. The van der Waals surface area contributed by atoms with Crippen molar-refractivity contribution in [3.05, 3.63) is 0 Å². The van der Waals surface area contributed by atoms with E-state index in [1.165, 1.54) is 41.4 Å². The second kappa shape index (κ2) is 24.3. The van der Waals surface area contributed by atoms with Crippen LogP contribution in [0.25, 0.3) is 0 Å². The SMILES string of the molecule is CCC[CH2][Ge]([CH2]CCOCCOCCOC)[CH2]CCOCCOCCOC. The van der Waals surface area contributed by atoms with Gasteiger partial charge in [-0.3, -0.25) is 0 Å². The molecule has 0 saturated heterocycles. The molecule has 0 saturated carbocycles. The Kier molecular flexibility index (Phi) is 24.6. The molecule has 0 aliphatic carbocycles. The van der Waals surface area contributed by atoms with Gasteiger partial charge in [0.15, 0.2) is 0 Å². The van der Waals surface area contributed by atoms with Gasteiger partial charge in [-0.25, -0.2) is 0 Å². The van der Waals surface area contributed by atoms with Crippen LogP contribution in [0.2, 0.25) is 15.8 Å². The second-order valence-electron chi connectivity index (χ2n) is 6.50. The zero-order chi connectivity index (χ0) is 19.8. The van der Waals surface area contributed by atoms with Crippen molar-refractivity contribution < 1.29 is 28.4 Å². The molecular weight excluding hydrogens is 409 g/mol. The predicted octanol–water partition coefficient (Wildman–Crippen LogP) is 3.42. The summed E-state index contributed by atoms with van der Waals surface area (Å²) in [6.45, 7) is 9.31. The molecule has 0 bridgehead atoms. The molecule has 0 fully saturated rings. The van der Waals surface area contributed by atoms with E-state index in [1.807, 2.05) is 0 Å². The predicted molar refractivity (Wildman–Crippen MR) is 111 cm³/mol. The number of methoxy groups -OCH3 is 2. The summed E-state index contributed by atoms with van der Waals surface area (Å²) >= 11 is -0.944. The first kappa shape index (κ1) is 27.3. The molecule has 163 valence electrons. The Balaban J connectivity index is 3.53. The maximum absolute atomic E-state index is 5.68. The van der Waals surface area contributed by atoms with E-state index < -0.39 is 14.3 Å². The zero-order valence-electron chi connectivity index (χ0n) is 18.0. The van der Waals surface area contributed by atoms with Crippen LogP contribution in [0.15, 0.2) is 0 Å². The van der Waals surface area contributed by atoms with E-state index in [0.29, 0.717) is 52.9 Å². The third kappa shape index (κ3) is 22.5. The van der Waals surface area contributed by atoms with Crippen molar-refractivity contribution in [2.45, 2.75) is 48.4 Å². The Bertz CT molecular complexity index is 249. The van der Waals surface area contributed by atoms with Gasteiger partial charge in [0.1, 0.15) is 0 Å². The van der Waals surface area contributed by atoms with Gasteiger partial charge in [0.05, 0.1) is 0 Å². The molecule has 0 aromatic heterocycles. The van der Waals surface area contributed by atoms with Crippen LogP contribution in [0.1, 0.15) is 32.6 Å². The Morgan fingerprint density at radius 1 is 0.481 bits per heavy atom. The molecule has 0 heterocycles. The van der Waals surface area contributed by atoms with Gasteiger partial charge in [-0.2, -0.15) is 0 Å². The first-order valence-electron chi connectivity index (χ1n) is 10.5. The summed E-state index contributed by atoms with van der Waals surface area (Å²) in [5, 5.41) is 4.30. The molecule has 0 spiro atoms. The fourth-order valence-electron chi connectivity index (χ4n) is 2.58. The fraction of sp³-hybridized carbons (Fsp3) is 1.00. The maximum atomic E-state index is 5.68. The van der Waals surface area contributed by atoms with Crippen molar-refractivity contribution in [3.63, 3.8) is 0 Å². The zero-order valence-corrected chi connectivity index (χ0v) is 20.1. The van der Waals surface area contributed by atoms with E-state index in [2.05, 4.69) is 6.92 Å². The summed E-state index contributed by atoms with van der Waals surface area (Å²) < 4.78 is 32.0. The topological polar surface area (TPSA) is 55.4 Å². The Hall–Kier alpha value is 0.303. The minimum atomic E-state index is -0.944. The van der Waals surface area contributed by atoms with E-state index in [0.717, 1.165) is 13.2 Å². The minimum absolute atomic E-state index is 0.647. The van der Waals surface area contributed by atoms with E-state index in [9.17, 15) is 0 Å². The molecule has 6 nitrogen and oxygen atoms in total. The summed E-state index contributed by atoms with van der Waals surface area (Å²) in [5.41, 5.74) is 0. The average molecular weight is 452 g/mol. The molecule has 0 aliphatic rings. The molecule has 0 aromatic rings. The van der Waals surface area contributed by atoms with Crippen LogP contribution in [0.3, 0.4) is 0 Å². The average Bonchev–Trinajstić information content (AvgIpc) is 2.68. The van der Waals surface area contributed by atoms with Crippen molar-refractivity contribution in [3.8, 4) is 0 Å². The molecule has 0 aliphatic heterocycles. The number of hydrogen-bond donors (Lipinski definition) is 0. The summed E-state index contributed by atoms with van der Waals surface area (Å²) in [5.74, 6) is 0. The van der Waals surface area contributed by atoms with Gasteiger partial charge in [-0.1, -0.05) is 0 Å². The van der Waals surface area contributed by atoms with Gasteiger partial charge in [0.25, 0.3) is 0 Å². The molecule has 27 heavy (non-hydrogen) atoms. The van der Waals surface area contributed by atoms with Crippen LogP contribution < -0.4 is 0 Å². The molecule has 0 rings (SSSR count). The van der Waals surface area contributed by atoms with Gasteiger partial charge in [-0.15, -0.1) is 0 Å². The van der Waals surface area contributed by atoms with Crippen molar-refractivity contribution >= 4 is 14.3 Å². The van der Waals surface area contributed by atoms with Crippen LogP contribution in [-0.4, -0.2) is 94.6 Å². The Morgan fingerprint density at radius 3 is 1.26 bits per heavy atom. The summed E-state index contributed by atoms with van der Waals surface area (Å²) in [4.78, 5) is 0. The van der Waals surface area contributed by atoms with Crippen molar-refractivity contribution in [1.29, 1.82) is 0 Å². The van der Waals surface area contributed by atoms with E-state index in [-0.39, 0.29) is 0 Å². The fourth-order valence-corrected chi connectivity index (χ4v) is 8.65. The third-order valence-electron chi connectivity index (χ3n) is 4.13. The third-order valence-corrected chi connectivity index (χ3v) is 10.8. The number of ether oxygens (including phenoxy) is 6. The van der Waals surface area contributed by atoms with Gasteiger partial charge < -0.3 is 0 Å². The van der Waals surface area contributed by atoms with E-state index >= 15 is 0 Å². The normalized spacial score (nSPS) is 11.6. The van der Waals surface area contributed by atoms with E-state index in [4.69, 9.17) is 28.4 Å². The summed E-state index contributed by atoms with van der Waals surface area (Å²) in [6, 6.07) is 0. The monoisotopic (exact) mass is 453 g/mol. The van der Waals surface area contributed by atoms with E-state index in [1.54, 1.807) is 14.2 Å². The molecule has 1 radical (unpaired) electrons. The van der Waals surface area contributed by atoms with Crippen LogP contribution in [0.5, 0.6) is 0 Å². The van der Waals surface area contributed by atoms with Gasteiger partial charge in [0.2, 0.25) is 0 Å². The van der Waals surface area contributed by atoms with Crippen molar-refractivity contribution in [1.82, 2.24) is 0 Å². The van der Waals surface area contributed by atoms with Crippen LogP contribution in [0.4, 0.5) is 0 Å². The first-order chi connectivity index (χ1) is 13.3. The molecule has 0 aromatic carbocycles. The van der Waals surface area contributed by atoms with Gasteiger partial charge in [0, 0.05) is 0 Å². The quantitative estimate of drug-likeness (QED) is 0.175. The number of hydrogen-bond acceptors (Lipinski definition) is 6. The molecule has 0 atom stereocenters. The van der Waals surface area contributed by atoms with Crippen LogP contribution in [0, 0.1) is 0 Å².